The smallest absolute Gasteiger partial charge is 0.232 e. The van der Waals surface area contributed by atoms with Gasteiger partial charge in [-0.05, 0) is 18.7 Å². The van der Waals surface area contributed by atoms with Crippen molar-refractivity contribution in [3.8, 4) is 5.88 Å². The molecule has 1 aliphatic heterocycles. The molecule has 16 heavy (non-hydrogen) atoms. The predicted octanol–water partition coefficient (Wildman–Crippen LogP) is 1.62. The molecule has 0 spiro atoms. The Kier molecular flexibility index (Phi) is 3.98. The first kappa shape index (κ1) is 11.6. The molecular weight excluding hydrogens is 228 g/mol. The molecule has 1 fully saturated rings. The van der Waals surface area contributed by atoms with Crippen molar-refractivity contribution < 1.29 is 9.47 Å². The highest BCUT2D eigenvalue weighted by Crippen LogP contribution is 2.24. The van der Waals surface area contributed by atoms with Crippen molar-refractivity contribution in [2.75, 3.05) is 20.3 Å². The number of pyridine rings is 1. The first-order chi connectivity index (χ1) is 7.79. The largest absolute Gasteiger partial charge is 0.471 e. The van der Waals surface area contributed by atoms with Crippen molar-refractivity contribution in [2.24, 2.45) is 0 Å². The van der Waals surface area contributed by atoms with E-state index in [-0.39, 0.29) is 6.10 Å². The normalized spacial score (nSPS) is 20.0. The maximum absolute atomic E-state index is 6.09. The topological polar surface area (TPSA) is 43.4 Å². The summed E-state index contributed by atoms with van der Waals surface area (Å²) in [4.78, 5) is 4.21. The van der Waals surface area contributed by atoms with E-state index in [1.807, 2.05) is 13.1 Å². The molecule has 1 aromatic heterocycles. The van der Waals surface area contributed by atoms with Gasteiger partial charge in [0.25, 0.3) is 0 Å². The van der Waals surface area contributed by atoms with E-state index in [0.717, 1.165) is 25.1 Å². The molecule has 4 nitrogen and oxygen atoms in total. The third kappa shape index (κ3) is 2.84. The Bertz CT molecular complexity index is 354. The number of hydrogen-bond acceptors (Lipinski definition) is 4. The number of halogens is 1. The second-order valence-corrected chi connectivity index (χ2v) is 4.17. The molecule has 1 unspecified atom stereocenters. The highest BCUT2D eigenvalue weighted by atomic mass is 35.5. The Morgan fingerprint density at radius 1 is 1.69 bits per heavy atom. The zero-order valence-corrected chi connectivity index (χ0v) is 9.96. The van der Waals surface area contributed by atoms with Crippen molar-refractivity contribution >= 4 is 11.6 Å². The molecule has 1 aliphatic rings. The van der Waals surface area contributed by atoms with E-state index in [0.29, 0.717) is 17.5 Å². The van der Waals surface area contributed by atoms with Gasteiger partial charge in [0, 0.05) is 19.2 Å². The molecule has 0 amide bonds. The van der Waals surface area contributed by atoms with E-state index in [9.17, 15) is 0 Å². The van der Waals surface area contributed by atoms with E-state index in [1.165, 1.54) is 0 Å². The summed E-state index contributed by atoms with van der Waals surface area (Å²) in [5.41, 5.74) is 1.04. The maximum Gasteiger partial charge on any atom is 0.232 e. The molecule has 1 saturated heterocycles. The zero-order valence-electron chi connectivity index (χ0n) is 9.20. The molecule has 0 aliphatic carbocycles. The van der Waals surface area contributed by atoms with Crippen LogP contribution >= 0.6 is 11.6 Å². The van der Waals surface area contributed by atoms with Crippen LogP contribution in [0.1, 0.15) is 12.0 Å². The van der Waals surface area contributed by atoms with Crippen LogP contribution in [0, 0.1) is 0 Å². The number of rotatable bonds is 4. The minimum atomic E-state index is 0.0835. The van der Waals surface area contributed by atoms with Crippen LogP contribution in [0.5, 0.6) is 5.88 Å². The lowest BCUT2D eigenvalue weighted by Crippen LogP contribution is -2.17. The Morgan fingerprint density at radius 3 is 3.19 bits per heavy atom. The standard InChI is InChI=1S/C11H15ClN2O2/c1-13-5-8-4-10(12)11(14-6-8)16-9-2-3-15-7-9/h4,6,9,13H,2-3,5,7H2,1H3. The van der Waals surface area contributed by atoms with Crippen molar-refractivity contribution in [1.29, 1.82) is 0 Å². The van der Waals surface area contributed by atoms with Gasteiger partial charge in [-0.2, -0.15) is 0 Å². The summed E-state index contributed by atoms with van der Waals surface area (Å²) >= 11 is 6.09. The Labute approximate surface area is 99.9 Å². The molecular formula is C11H15ClN2O2. The molecule has 2 heterocycles. The van der Waals surface area contributed by atoms with E-state index in [1.54, 1.807) is 6.20 Å². The molecule has 2 rings (SSSR count). The predicted molar refractivity (Wildman–Crippen MR) is 61.9 cm³/mol. The van der Waals surface area contributed by atoms with Crippen LogP contribution in [0.4, 0.5) is 0 Å². The van der Waals surface area contributed by atoms with E-state index < -0.39 is 0 Å². The van der Waals surface area contributed by atoms with E-state index in [4.69, 9.17) is 21.1 Å². The molecule has 5 heteroatoms. The fourth-order valence-corrected chi connectivity index (χ4v) is 1.85. The van der Waals surface area contributed by atoms with Gasteiger partial charge in [0.05, 0.1) is 13.2 Å². The summed E-state index contributed by atoms with van der Waals surface area (Å²) in [7, 11) is 1.88. The SMILES string of the molecule is CNCc1cnc(OC2CCOC2)c(Cl)c1. The second-order valence-electron chi connectivity index (χ2n) is 3.76. The van der Waals surface area contributed by atoms with Crippen LogP contribution in [-0.4, -0.2) is 31.3 Å². The van der Waals surface area contributed by atoms with E-state index >= 15 is 0 Å². The van der Waals surface area contributed by atoms with Crippen LogP contribution < -0.4 is 10.1 Å². The summed E-state index contributed by atoms with van der Waals surface area (Å²) in [6.45, 7) is 2.12. The number of hydrogen-bond donors (Lipinski definition) is 1. The van der Waals surface area contributed by atoms with Gasteiger partial charge in [-0.3, -0.25) is 0 Å². The van der Waals surface area contributed by atoms with Gasteiger partial charge in [0.15, 0.2) is 0 Å². The third-order valence-electron chi connectivity index (χ3n) is 2.41. The van der Waals surface area contributed by atoms with Crippen LogP contribution in [0.3, 0.4) is 0 Å². The number of nitrogens with zero attached hydrogens (tertiary/aromatic N) is 1. The van der Waals surface area contributed by atoms with Gasteiger partial charge in [0.1, 0.15) is 11.1 Å². The van der Waals surface area contributed by atoms with Crippen LogP contribution in [0.25, 0.3) is 0 Å². The van der Waals surface area contributed by atoms with Crippen molar-refractivity contribution in [2.45, 2.75) is 19.1 Å². The zero-order chi connectivity index (χ0) is 11.4. The fourth-order valence-electron chi connectivity index (χ4n) is 1.62. The van der Waals surface area contributed by atoms with Gasteiger partial charge in [0.2, 0.25) is 5.88 Å². The number of nitrogens with one attached hydrogen (secondary N) is 1. The number of aromatic nitrogens is 1. The molecule has 0 aromatic carbocycles. The highest BCUT2D eigenvalue weighted by molar-refractivity contribution is 6.31. The van der Waals surface area contributed by atoms with Crippen LogP contribution in [0.2, 0.25) is 5.02 Å². The Balaban J connectivity index is 2.03. The summed E-state index contributed by atoms with van der Waals surface area (Å²) in [6.07, 6.45) is 2.75. The molecule has 88 valence electrons. The lowest BCUT2D eigenvalue weighted by atomic mass is 10.3. The highest BCUT2D eigenvalue weighted by Gasteiger charge is 2.19. The van der Waals surface area contributed by atoms with Gasteiger partial charge >= 0.3 is 0 Å². The average Bonchev–Trinajstić information content (AvgIpc) is 2.75. The summed E-state index contributed by atoms with van der Waals surface area (Å²) < 4.78 is 10.9. The van der Waals surface area contributed by atoms with Crippen molar-refractivity contribution in [3.05, 3.63) is 22.8 Å². The van der Waals surface area contributed by atoms with Gasteiger partial charge in [-0.1, -0.05) is 11.6 Å². The third-order valence-corrected chi connectivity index (χ3v) is 2.68. The lowest BCUT2D eigenvalue weighted by Gasteiger charge is -2.12. The van der Waals surface area contributed by atoms with Gasteiger partial charge < -0.3 is 14.8 Å². The molecule has 0 radical (unpaired) electrons. The Hall–Kier alpha value is -0.840. The summed E-state index contributed by atoms with van der Waals surface area (Å²) in [6, 6.07) is 1.87. The molecule has 0 bridgehead atoms. The minimum Gasteiger partial charge on any atom is -0.471 e. The molecule has 1 aromatic rings. The maximum atomic E-state index is 6.09. The second kappa shape index (κ2) is 5.48. The van der Waals surface area contributed by atoms with Crippen LogP contribution in [-0.2, 0) is 11.3 Å². The quantitative estimate of drug-likeness (QED) is 0.872. The number of ether oxygens (including phenoxy) is 2. The van der Waals surface area contributed by atoms with Gasteiger partial charge in [-0.25, -0.2) is 4.98 Å². The van der Waals surface area contributed by atoms with E-state index in [2.05, 4.69) is 10.3 Å². The molecule has 1 N–H and O–H groups in total. The molecule has 0 saturated carbocycles. The summed E-state index contributed by atoms with van der Waals surface area (Å²) in [5.74, 6) is 0.497. The van der Waals surface area contributed by atoms with Crippen molar-refractivity contribution in [1.82, 2.24) is 10.3 Å². The Morgan fingerprint density at radius 2 is 2.56 bits per heavy atom. The average molecular weight is 243 g/mol. The minimum absolute atomic E-state index is 0.0835. The monoisotopic (exact) mass is 242 g/mol. The van der Waals surface area contributed by atoms with Crippen molar-refractivity contribution in [3.63, 3.8) is 0 Å². The van der Waals surface area contributed by atoms with Gasteiger partial charge in [-0.15, -0.1) is 0 Å². The first-order valence-corrected chi connectivity index (χ1v) is 5.71. The lowest BCUT2D eigenvalue weighted by molar-refractivity contribution is 0.138. The first-order valence-electron chi connectivity index (χ1n) is 5.33. The summed E-state index contributed by atoms with van der Waals surface area (Å²) in [5, 5.41) is 3.60. The van der Waals surface area contributed by atoms with Crippen LogP contribution in [0.15, 0.2) is 12.3 Å². The molecule has 1 atom stereocenters. The fraction of sp³-hybridized carbons (Fsp3) is 0.545.